The summed E-state index contributed by atoms with van der Waals surface area (Å²) < 4.78 is 0. The molecule has 0 atom stereocenters. The Morgan fingerprint density at radius 1 is 1.25 bits per heavy atom. The number of H-pyrrole nitrogens is 1. The zero-order valence-corrected chi connectivity index (χ0v) is 15.2. The van der Waals surface area contributed by atoms with E-state index in [2.05, 4.69) is 48.2 Å². The molecule has 0 aliphatic rings. The highest BCUT2D eigenvalue weighted by atomic mass is 32.1. The summed E-state index contributed by atoms with van der Waals surface area (Å²) in [5.74, 6) is 1.37. The van der Waals surface area contributed by atoms with Gasteiger partial charge in [-0.05, 0) is 36.9 Å². The Morgan fingerprint density at radius 2 is 2.04 bits per heavy atom. The van der Waals surface area contributed by atoms with E-state index in [0.29, 0.717) is 23.7 Å². The molecule has 4 nitrogen and oxygen atoms in total. The van der Waals surface area contributed by atoms with Gasteiger partial charge in [-0.2, -0.15) is 0 Å². The maximum Gasteiger partial charge on any atom is 0.260 e. The van der Waals surface area contributed by atoms with Crippen molar-refractivity contribution in [3.05, 3.63) is 51.4 Å². The van der Waals surface area contributed by atoms with Crippen molar-refractivity contribution < 1.29 is 0 Å². The minimum absolute atomic E-state index is 0.0554. The maximum absolute atomic E-state index is 12.6. The summed E-state index contributed by atoms with van der Waals surface area (Å²) in [6.45, 7) is 7.99. The molecular weight excluding hydrogens is 318 g/mol. The van der Waals surface area contributed by atoms with Gasteiger partial charge in [-0.1, -0.05) is 38.1 Å². The lowest BCUT2D eigenvalue weighted by atomic mass is 10.0. The zero-order valence-electron chi connectivity index (χ0n) is 14.3. The second-order valence-corrected chi connectivity index (χ2v) is 7.37. The fraction of sp³-hybridized carbons (Fsp3) is 0.368. The van der Waals surface area contributed by atoms with Crippen molar-refractivity contribution in [1.82, 2.24) is 15.3 Å². The third-order valence-corrected chi connectivity index (χ3v) is 4.99. The van der Waals surface area contributed by atoms with E-state index in [9.17, 15) is 4.79 Å². The Morgan fingerprint density at radius 3 is 2.79 bits per heavy atom. The number of aromatic amines is 1. The fourth-order valence-electron chi connectivity index (χ4n) is 2.75. The molecule has 2 N–H and O–H groups in total. The molecule has 5 heteroatoms. The van der Waals surface area contributed by atoms with Crippen LogP contribution in [0.5, 0.6) is 0 Å². The number of hydrogen-bond donors (Lipinski definition) is 2. The van der Waals surface area contributed by atoms with Gasteiger partial charge in [0, 0.05) is 10.9 Å². The highest BCUT2D eigenvalue weighted by Crippen LogP contribution is 2.32. The number of aryl methyl sites for hydroxylation is 1. The zero-order chi connectivity index (χ0) is 17.1. The van der Waals surface area contributed by atoms with Crippen molar-refractivity contribution >= 4 is 21.6 Å². The van der Waals surface area contributed by atoms with Crippen LogP contribution in [0.2, 0.25) is 0 Å². The van der Waals surface area contributed by atoms with Crippen molar-refractivity contribution in [3.63, 3.8) is 0 Å². The van der Waals surface area contributed by atoms with Gasteiger partial charge in [0.05, 0.1) is 11.9 Å². The van der Waals surface area contributed by atoms with E-state index in [1.165, 1.54) is 11.3 Å². The van der Waals surface area contributed by atoms with E-state index in [4.69, 9.17) is 0 Å². The molecule has 0 fully saturated rings. The van der Waals surface area contributed by atoms with Crippen LogP contribution in [0.25, 0.3) is 21.3 Å². The van der Waals surface area contributed by atoms with E-state index in [1.54, 1.807) is 0 Å². The van der Waals surface area contributed by atoms with E-state index < -0.39 is 0 Å². The van der Waals surface area contributed by atoms with Crippen LogP contribution >= 0.6 is 11.3 Å². The van der Waals surface area contributed by atoms with Gasteiger partial charge in [-0.25, -0.2) is 4.98 Å². The van der Waals surface area contributed by atoms with Crippen molar-refractivity contribution in [2.75, 3.05) is 6.54 Å². The minimum atomic E-state index is -0.0554. The van der Waals surface area contributed by atoms with E-state index >= 15 is 0 Å². The van der Waals surface area contributed by atoms with Gasteiger partial charge in [0.25, 0.3) is 5.56 Å². The third kappa shape index (κ3) is 3.57. The molecule has 3 rings (SSSR count). The largest absolute Gasteiger partial charge is 0.310 e. The summed E-state index contributed by atoms with van der Waals surface area (Å²) in [5, 5.41) is 6.07. The second kappa shape index (κ2) is 7.28. The summed E-state index contributed by atoms with van der Waals surface area (Å²) in [6.07, 6.45) is 1.11. The van der Waals surface area contributed by atoms with Crippen LogP contribution in [0.15, 0.2) is 34.4 Å². The Kier molecular flexibility index (Phi) is 5.11. The van der Waals surface area contributed by atoms with Crippen molar-refractivity contribution in [3.8, 4) is 11.1 Å². The normalized spacial score (nSPS) is 11.5. The Hall–Kier alpha value is -1.98. The lowest BCUT2D eigenvalue weighted by Crippen LogP contribution is -2.21. The van der Waals surface area contributed by atoms with Gasteiger partial charge in [-0.15, -0.1) is 11.3 Å². The average molecular weight is 341 g/mol. The summed E-state index contributed by atoms with van der Waals surface area (Å²) in [6, 6.07) is 8.13. The molecule has 0 bridgehead atoms. The van der Waals surface area contributed by atoms with Crippen LogP contribution in [-0.4, -0.2) is 16.5 Å². The van der Waals surface area contributed by atoms with Gasteiger partial charge in [0.15, 0.2) is 0 Å². The first kappa shape index (κ1) is 16.9. The molecule has 1 aromatic carbocycles. The predicted molar refractivity (Wildman–Crippen MR) is 102 cm³/mol. The number of fused-ring (bicyclic) bond motifs is 1. The van der Waals surface area contributed by atoms with Crippen LogP contribution in [0.1, 0.15) is 31.7 Å². The number of benzene rings is 1. The summed E-state index contributed by atoms with van der Waals surface area (Å²) in [4.78, 5) is 21.0. The monoisotopic (exact) mass is 341 g/mol. The first-order valence-electron chi connectivity index (χ1n) is 8.33. The van der Waals surface area contributed by atoms with Crippen LogP contribution in [0, 0.1) is 12.8 Å². The van der Waals surface area contributed by atoms with E-state index in [-0.39, 0.29) is 5.56 Å². The van der Waals surface area contributed by atoms with E-state index in [1.807, 2.05) is 17.5 Å². The molecule has 0 amide bonds. The van der Waals surface area contributed by atoms with Crippen molar-refractivity contribution in [2.45, 2.75) is 33.7 Å². The summed E-state index contributed by atoms with van der Waals surface area (Å²) in [5.41, 5.74) is 3.18. The highest BCUT2D eigenvalue weighted by molar-refractivity contribution is 7.17. The van der Waals surface area contributed by atoms with Gasteiger partial charge in [-0.3, -0.25) is 4.79 Å². The summed E-state index contributed by atoms with van der Waals surface area (Å²) in [7, 11) is 0. The Bertz CT molecular complexity index is 895. The number of nitrogens with one attached hydrogen (secondary N) is 2. The average Bonchev–Trinajstić information content (AvgIpc) is 2.96. The lowest BCUT2D eigenvalue weighted by molar-refractivity contribution is 0.532. The highest BCUT2D eigenvalue weighted by Gasteiger charge is 2.14. The molecular formula is C19H23N3OS. The third-order valence-electron chi connectivity index (χ3n) is 4.12. The standard InChI is InChI=1S/C19H23N3OS/c1-12(2)8-9-20-10-16-21-18(23)17-15(11-24-19(17)22-16)14-7-5-4-6-13(14)3/h4-7,11-12,20H,8-10H2,1-3H3,(H,21,22,23). The lowest BCUT2D eigenvalue weighted by Gasteiger charge is -2.07. The summed E-state index contributed by atoms with van der Waals surface area (Å²) >= 11 is 1.53. The van der Waals surface area contributed by atoms with Crippen LogP contribution in [0.3, 0.4) is 0 Å². The molecule has 0 radical (unpaired) electrons. The Labute approximate surface area is 146 Å². The quantitative estimate of drug-likeness (QED) is 0.664. The van der Waals surface area contributed by atoms with Gasteiger partial charge >= 0.3 is 0 Å². The van der Waals surface area contributed by atoms with Crippen LogP contribution in [-0.2, 0) is 6.54 Å². The predicted octanol–water partition coefficient (Wildman–Crippen LogP) is 4.10. The topological polar surface area (TPSA) is 57.8 Å². The molecule has 24 heavy (non-hydrogen) atoms. The number of hydrogen-bond acceptors (Lipinski definition) is 4. The first-order valence-corrected chi connectivity index (χ1v) is 9.21. The maximum atomic E-state index is 12.6. The number of thiophene rings is 1. The SMILES string of the molecule is Cc1ccccc1-c1csc2nc(CNCCC(C)C)[nH]c(=O)c12. The molecule has 0 spiro atoms. The van der Waals surface area contributed by atoms with Crippen molar-refractivity contribution in [2.24, 2.45) is 5.92 Å². The van der Waals surface area contributed by atoms with Gasteiger partial charge in [0.2, 0.25) is 0 Å². The van der Waals surface area contributed by atoms with Crippen LogP contribution < -0.4 is 10.9 Å². The minimum Gasteiger partial charge on any atom is -0.310 e. The molecule has 2 heterocycles. The number of nitrogens with zero attached hydrogens (tertiary/aromatic N) is 1. The number of aromatic nitrogens is 2. The second-order valence-electron chi connectivity index (χ2n) is 6.52. The van der Waals surface area contributed by atoms with Gasteiger partial charge in [0.1, 0.15) is 10.7 Å². The first-order chi connectivity index (χ1) is 11.6. The molecule has 2 aromatic heterocycles. The molecule has 0 saturated carbocycles. The molecule has 0 saturated heterocycles. The van der Waals surface area contributed by atoms with Crippen LogP contribution in [0.4, 0.5) is 0 Å². The molecule has 0 aliphatic carbocycles. The molecule has 126 valence electrons. The smallest absolute Gasteiger partial charge is 0.260 e. The number of rotatable bonds is 6. The molecule has 0 unspecified atom stereocenters. The Balaban J connectivity index is 1.89. The molecule has 3 aromatic rings. The van der Waals surface area contributed by atoms with Crippen molar-refractivity contribution in [1.29, 1.82) is 0 Å². The van der Waals surface area contributed by atoms with Gasteiger partial charge < -0.3 is 10.3 Å². The molecule has 0 aliphatic heterocycles. The fourth-order valence-corrected chi connectivity index (χ4v) is 3.71. The van der Waals surface area contributed by atoms with E-state index in [0.717, 1.165) is 34.5 Å².